The number of unbranched alkanes of at least 4 members (excludes halogenated alkanes) is 4. The molecule has 2 saturated heterocycles. The van der Waals surface area contributed by atoms with Gasteiger partial charge < -0.3 is 15.3 Å². The van der Waals surface area contributed by atoms with Gasteiger partial charge in [0.25, 0.3) is 0 Å². The lowest BCUT2D eigenvalue weighted by molar-refractivity contribution is -0.137. The van der Waals surface area contributed by atoms with Gasteiger partial charge in [0.2, 0.25) is 0 Å². The predicted molar refractivity (Wildman–Crippen MR) is 89.3 cm³/mol. The van der Waals surface area contributed by atoms with Crippen LogP contribution in [0, 0.1) is 0 Å². The Morgan fingerprint density at radius 2 is 2.14 bits per heavy atom. The minimum atomic E-state index is -0.716. The van der Waals surface area contributed by atoms with E-state index in [2.05, 4.69) is 12.2 Å². The first kappa shape index (κ1) is 17.4. The quantitative estimate of drug-likeness (QED) is 0.477. The Balaban J connectivity index is 1.80. The van der Waals surface area contributed by atoms with Crippen molar-refractivity contribution in [3.8, 4) is 0 Å². The minimum Gasteiger partial charge on any atom is -0.481 e. The SMILES string of the molecule is CCCCCCN1C(=O)NC2CSC(CCCCC(=O)O)C21. The van der Waals surface area contributed by atoms with Crippen LogP contribution >= 0.6 is 11.8 Å². The molecule has 0 saturated carbocycles. The molecule has 126 valence electrons. The molecule has 5 nitrogen and oxygen atoms in total. The molecule has 6 heteroatoms. The van der Waals surface area contributed by atoms with Gasteiger partial charge in [0.15, 0.2) is 0 Å². The number of carbonyl (C=O) groups excluding carboxylic acids is 1. The molecule has 2 N–H and O–H groups in total. The zero-order chi connectivity index (χ0) is 15.9. The van der Waals surface area contributed by atoms with Crippen molar-refractivity contribution in [2.45, 2.75) is 75.6 Å². The maximum atomic E-state index is 12.1. The average Bonchev–Trinajstić information content (AvgIpc) is 2.99. The number of urea groups is 1. The number of hydrogen-bond donors (Lipinski definition) is 2. The molecule has 0 aromatic heterocycles. The molecule has 2 fully saturated rings. The number of amides is 2. The van der Waals surface area contributed by atoms with E-state index in [9.17, 15) is 9.59 Å². The Kier molecular flexibility index (Phi) is 6.86. The number of fused-ring (bicyclic) bond motifs is 1. The van der Waals surface area contributed by atoms with Crippen molar-refractivity contribution in [1.82, 2.24) is 10.2 Å². The number of carboxylic acid groups (broad SMARTS) is 1. The highest BCUT2D eigenvalue weighted by atomic mass is 32.2. The number of carboxylic acids is 1. The van der Waals surface area contributed by atoms with Crippen LogP contribution in [0.25, 0.3) is 0 Å². The first-order valence-electron chi connectivity index (χ1n) is 8.54. The maximum absolute atomic E-state index is 12.1. The second-order valence-electron chi connectivity index (χ2n) is 6.31. The Hall–Kier alpha value is -0.910. The molecule has 22 heavy (non-hydrogen) atoms. The van der Waals surface area contributed by atoms with E-state index < -0.39 is 5.97 Å². The lowest BCUT2D eigenvalue weighted by Crippen LogP contribution is -2.41. The van der Waals surface area contributed by atoms with Crippen LogP contribution in [0.3, 0.4) is 0 Å². The van der Waals surface area contributed by atoms with Gasteiger partial charge in [0, 0.05) is 24.0 Å². The normalized spacial score (nSPS) is 27.0. The lowest BCUT2D eigenvalue weighted by atomic mass is 10.0. The molecular formula is C16H28N2O3S. The van der Waals surface area contributed by atoms with E-state index in [0.717, 1.165) is 38.0 Å². The van der Waals surface area contributed by atoms with Gasteiger partial charge in [0.1, 0.15) is 0 Å². The topological polar surface area (TPSA) is 69.6 Å². The summed E-state index contributed by atoms with van der Waals surface area (Å²) >= 11 is 1.94. The standard InChI is InChI=1S/C16H28N2O3S/c1-2-3-4-7-10-18-15-12(17-16(18)21)11-22-13(15)8-5-6-9-14(19)20/h12-13,15H,2-11H2,1H3,(H,17,21)(H,19,20). The van der Waals surface area contributed by atoms with Crippen molar-refractivity contribution >= 4 is 23.8 Å². The Morgan fingerprint density at radius 3 is 2.86 bits per heavy atom. The monoisotopic (exact) mass is 328 g/mol. The molecule has 0 aliphatic carbocycles. The molecule has 0 radical (unpaired) electrons. The Bertz CT molecular complexity index is 392. The number of thioether (sulfide) groups is 1. The van der Waals surface area contributed by atoms with Crippen molar-refractivity contribution in [1.29, 1.82) is 0 Å². The van der Waals surface area contributed by atoms with Crippen molar-refractivity contribution in [2.75, 3.05) is 12.3 Å². The summed E-state index contributed by atoms with van der Waals surface area (Å²) in [4.78, 5) is 24.8. The number of hydrogen-bond acceptors (Lipinski definition) is 3. The summed E-state index contributed by atoms with van der Waals surface area (Å²) in [6, 6.07) is 0.694. The van der Waals surface area contributed by atoms with Gasteiger partial charge in [-0.25, -0.2) is 4.79 Å². The van der Waals surface area contributed by atoms with Crippen LogP contribution in [0.1, 0.15) is 58.3 Å². The zero-order valence-electron chi connectivity index (χ0n) is 13.4. The van der Waals surface area contributed by atoms with E-state index in [1.807, 2.05) is 16.7 Å². The molecule has 2 amide bonds. The molecule has 0 aromatic rings. The number of carbonyl (C=O) groups is 2. The summed E-state index contributed by atoms with van der Waals surface area (Å²) in [5, 5.41) is 12.3. The molecule has 0 aromatic carbocycles. The Morgan fingerprint density at radius 1 is 1.32 bits per heavy atom. The van der Waals surface area contributed by atoms with Crippen LogP contribution in [0.5, 0.6) is 0 Å². The van der Waals surface area contributed by atoms with E-state index >= 15 is 0 Å². The molecular weight excluding hydrogens is 300 g/mol. The first-order valence-corrected chi connectivity index (χ1v) is 9.59. The van der Waals surface area contributed by atoms with Crippen LogP contribution in [-0.2, 0) is 4.79 Å². The maximum Gasteiger partial charge on any atom is 0.318 e. The summed E-state index contributed by atoms with van der Waals surface area (Å²) in [5.41, 5.74) is 0. The molecule has 3 atom stereocenters. The van der Waals surface area contributed by atoms with E-state index in [4.69, 9.17) is 5.11 Å². The third-order valence-corrected chi connectivity index (χ3v) is 6.09. The molecule has 0 spiro atoms. The third kappa shape index (κ3) is 4.54. The lowest BCUT2D eigenvalue weighted by Gasteiger charge is -2.27. The van der Waals surface area contributed by atoms with Crippen LogP contribution in [0.15, 0.2) is 0 Å². The van der Waals surface area contributed by atoms with E-state index in [1.54, 1.807) is 0 Å². The van der Waals surface area contributed by atoms with E-state index in [-0.39, 0.29) is 18.5 Å². The highest BCUT2D eigenvalue weighted by molar-refractivity contribution is 8.00. The van der Waals surface area contributed by atoms with Gasteiger partial charge in [-0.05, 0) is 19.3 Å². The van der Waals surface area contributed by atoms with E-state index in [1.165, 1.54) is 19.3 Å². The van der Waals surface area contributed by atoms with Crippen LogP contribution in [0.4, 0.5) is 4.79 Å². The van der Waals surface area contributed by atoms with Crippen molar-refractivity contribution in [3.05, 3.63) is 0 Å². The fraction of sp³-hybridized carbons (Fsp3) is 0.875. The zero-order valence-corrected chi connectivity index (χ0v) is 14.2. The second-order valence-corrected chi connectivity index (χ2v) is 7.58. The second kappa shape index (κ2) is 8.65. The highest BCUT2D eigenvalue weighted by Crippen LogP contribution is 2.37. The summed E-state index contributed by atoms with van der Waals surface area (Å²) in [7, 11) is 0. The van der Waals surface area contributed by atoms with Crippen molar-refractivity contribution < 1.29 is 14.7 Å². The summed E-state index contributed by atoms with van der Waals surface area (Å²) in [5.74, 6) is 0.276. The number of aliphatic carboxylic acids is 1. The van der Waals surface area contributed by atoms with E-state index in [0.29, 0.717) is 11.3 Å². The van der Waals surface area contributed by atoms with Crippen molar-refractivity contribution in [3.63, 3.8) is 0 Å². The van der Waals surface area contributed by atoms with Gasteiger partial charge in [0.05, 0.1) is 12.1 Å². The number of rotatable bonds is 10. The molecule has 2 rings (SSSR count). The predicted octanol–water partition coefficient (Wildman–Crippen LogP) is 3.09. The van der Waals surface area contributed by atoms with Crippen LogP contribution < -0.4 is 5.32 Å². The number of nitrogens with zero attached hydrogens (tertiary/aromatic N) is 1. The van der Waals surface area contributed by atoms with Gasteiger partial charge in [-0.3, -0.25) is 4.79 Å². The summed E-state index contributed by atoms with van der Waals surface area (Å²) < 4.78 is 0. The first-order chi connectivity index (χ1) is 10.6. The van der Waals surface area contributed by atoms with Gasteiger partial charge in [-0.15, -0.1) is 0 Å². The molecule has 0 bridgehead atoms. The Labute approximate surface area is 137 Å². The highest BCUT2D eigenvalue weighted by Gasteiger charge is 2.47. The fourth-order valence-corrected chi connectivity index (χ4v) is 5.04. The van der Waals surface area contributed by atoms with Gasteiger partial charge >= 0.3 is 12.0 Å². The van der Waals surface area contributed by atoms with Gasteiger partial charge in [-0.1, -0.05) is 32.6 Å². The molecule has 3 unspecified atom stereocenters. The fourth-order valence-electron chi connectivity index (χ4n) is 3.44. The minimum absolute atomic E-state index is 0.0994. The molecule has 2 aliphatic rings. The summed E-state index contributed by atoms with van der Waals surface area (Å²) in [6.45, 7) is 3.05. The molecule has 2 heterocycles. The third-order valence-electron chi connectivity index (χ3n) is 4.59. The van der Waals surface area contributed by atoms with Crippen LogP contribution in [-0.4, -0.2) is 51.6 Å². The summed E-state index contributed by atoms with van der Waals surface area (Å²) in [6.07, 6.45) is 7.65. The smallest absolute Gasteiger partial charge is 0.318 e. The average molecular weight is 328 g/mol. The molecule has 2 aliphatic heterocycles. The number of nitrogens with one attached hydrogen (secondary N) is 1. The van der Waals surface area contributed by atoms with Crippen molar-refractivity contribution in [2.24, 2.45) is 0 Å². The van der Waals surface area contributed by atoms with Crippen LogP contribution in [0.2, 0.25) is 0 Å². The largest absolute Gasteiger partial charge is 0.481 e. The van der Waals surface area contributed by atoms with Gasteiger partial charge in [-0.2, -0.15) is 11.8 Å².